The first-order chi connectivity index (χ1) is 8.13. The number of nitrogens with two attached hydrogens (primary N) is 1. The molecule has 0 aromatic heterocycles. The molecule has 0 aliphatic carbocycles. The molecule has 2 N–H and O–H groups in total. The molecule has 94 valence electrons. The molecule has 17 heavy (non-hydrogen) atoms. The predicted octanol–water partition coefficient (Wildman–Crippen LogP) is 2.15. The van der Waals surface area contributed by atoms with Crippen LogP contribution < -0.4 is 10.5 Å². The van der Waals surface area contributed by atoms with E-state index in [1.807, 2.05) is 20.8 Å². The van der Waals surface area contributed by atoms with Crippen molar-refractivity contribution in [1.82, 2.24) is 4.90 Å². The van der Waals surface area contributed by atoms with Gasteiger partial charge in [0, 0.05) is 24.8 Å². The summed E-state index contributed by atoms with van der Waals surface area (Å²) < 4.78 is 5.45. The van der Waals surface area contributed by atoms with Gasteiger partial charge >= 0.3 is 0 Å². The Labute approximate surface area is 102 Å². The number of amides is 1. The van der Waals surface area contributed by atoms with Gasteiger partial charge in [-0.15, -0.1) is 0 Å². The maximum atomic E-state index is 12.2. The number of rotatable bonds is 5. The molecule has 1 aromatic carbocycles. The monoisotopic (exact) mass is 236 g/mol. The average Bonchev–Trinajstić information content (AvgIpc) is 2.31. The number of carbonyl (C=O) groups excluding carboxylic acids is 1. The van der Waals surface area contributed by atoms with Gasteiger partial charge in [0.1, 0.15) is 5.75 Å². The quantitative estimate of drug-likeness (QED) is 0.797. The second-order valence-electron chi connectivity index (χ2n) is 3.67. The van der Waals surface area contributed by atoms with Crippen LogP contribution in [0.25, 0.3) is 0 Å². The van der Waals surface area contributed by atoms with E-state index in [0.717, 1.165) is 0 Å². The summed E-state index contributed by atoms with van der Waals surface area (Å²) in [6.45, 7) is 7.69. The lowest BCUT2D eigenvalue weighted by atomic mass is 10.1. The van der Waals surface area contributed by atoms with Crippen molar-refractivity contribution >= 4 is 11.6 Å². The van der Waals surface area contributed by atoms with Crippen LogP contribution in [0.2, 0.25) is 0 Å². The first-order valence-electron chi connectivity index (χ1n) is 5.95. The maximum absolute atomic E-state index is 12.2. The number of ether oxygens (including phenoxy) is 1. The molecule has 0 bridgehead atoms. The van der Waals surface area contributed by atoms with Crippen LogP contribution in [0.15, 0.2) is 18.2 Å². The Morgan fingerprint density at radius 1 is 1.29 bits per heavy atom. The highest BCUT2D eigenvalue weighted by molar-refractivity contribution is 5.97. The van der Waals surface area contributed by atoms with Gasteiger partial charge in [-0.1, -0.05) is 0 Å². The van der Waals surface area contributed by atoms with Crippen LogP contribution in [-0.2, 0) is 0 Å². The van der Waals surface area contributed by atoms with Crippen LogP contribution >= 0.6 is 0 Å². The van der Waals surface area contributed by atoms with Crippen molar-refractivity contribution in [1.29, 1.82) is 0 Å². The Balaban J connectivity index is 3.07. The van der Waals surface area contributed by atoms with E-state index in [9.17, 15) is 4.79 Å². The summed E-state index contributed by atoms with van der Waals surface area (Å²) in [5.41, 5.74) is 6.87. The zero-order valence-electron chi connectivity index (χ0n) is 10.7. The fraction of sp³-hybridized carbons (Fsp3) is 0.462. The summed E-state index contributed by atoms with van der Waals surface area (Å²) in [4.78, 5) is 14.0. The lowest BCUT2D eigenvalue weighted by molar-refractivity contribution is 0.0769. The fourth-order valence-electron chi connectivity index (χ4n) is 1.67. The number of anilines is 1. The zero-order valence-corrected chi connectivity index (χ0v) is 10.7. The highest BCUT2D eigenvalue weighted by Gasteiger charge is 2.17. The SMILES string of the molecule is CCOc1cc(N)ccc1C(=O)N(CC)CC. The van der Waals surface area contributed by atoms with Gasteiger partial charge in [0.25, 0.3) is 5.91 Å². The third kappa shape index (κ3) is 3.12. The van der Waals surface area contributed by atoms with E-state index in [1.165, 1.54) is 0 Å². The van der Waals surface area contributed by atoms with E-state index in [2.05, 4.69) is 0 Å². The van der Waals surface area contributed by atoms with Gasteiger partial charge in [-0.05, 0) is 32.9 Å². The molecule has 0 aliphatic rings. The van der Waals surface area contributed by atoms with Crippen molar-refractivity contribution in [2.75, 3.05) is 25.4 Å². The highest BCUT2D eigenvalue weighted by atomic mass is 16.5. The average molecular weight is 236 g/mol. The number of nitrogens with zero attached hydrogens (tertiary/aromatic N) is 1. The molecule has 0 spiro atoms. The van der Waals surface area contributed by atoms with E-state index in [-0.39, 0.29) is 5.91 Å². The van der Waals surface area contributed by atoms with Crippen LogP contribution in [0.1, 0.15) is 31.1 Å². The molecule has 0 heterocycles. The third-order valence-corrected chi connectivity index (χ3v) is 2.59. The van der Waals surface area contributed by atoms with E-state index in [0.29, 0.717) is 36.7 Å². The van der Waals surface area contributed by atoms with Crippen LogP contribution in [-0.4, -0.2) is 30.5 Å². The summed E-state index contributed by atoms with van der Waals surface area (Å²) in [5.74, 6) is 0.544. The van der Waals surface area contributed by atoms with Crippen LogP contribution in [0.3, 0.4) is 0 Å². The highest BCUT2D eigenvalue weighted by Crippen LogP contribution is 2.23. The van der Waals surface area contributed by atoms with Crippen LogP contribution in [0.5, 0.6) is 5.75 Å². The summed E-state index contributed by atoms with van der Waals surface area (Å²) >= 11 is 0. The van der Waals surface area contributed by atoms with Gasteiger partial charge in [-0.25, -0.2) is 0 Å². The van der Waals surface area contributed by atoms with Crippen molar-refractivity contribution < 1.29 is 9.53 Å². The molecular formula is C13H20N2O2. The number of hydrogen-bond acceptors (Lipinski definition) is 3. The Hall–Kier alpha value is -1.71. The van der Waals surface area contributed by atoms with Gasteiger partial charge in [0.05, 0.1) is 12.2 Å². The van der Waals surface area contributed by atoms with Crippen molar-refractivity contribution in [3.05, 3.63) is 23.8 Å². The van der Waals surface area contributed by atoms with E-state index < -0.39 is 0 Å². The van der Waals surface area contributed by atoms with Gasteiger partial charge in [0.2, 0.25) is 0 Å². The van der Waals surface area contributed by atoms with Crippen molar-refractivity contribution in [3.8, 4) is 5.75 Å². The Morgan fingerprint density at radius 3 is 2.47 bits per heavy atom. The summed E-state index contributed by atoms with van der Waals surface area (Å²) in [7, 11) is 0. The minimum atomic E-state index is -0.0153. The lowest BCUT2D eigenvalue weighted by Gasteiger charge is -2.20. The molecule has 0 fully saturated rings. The smallest absolute Gasteiger partial charge is 0.257 e. The molecule has 0 saturated carbocycles. The standard InChI is InChI=1S/C13H20N2O2/c1-4-15(5-2)13(16)11-8-7-10(14)9-12(11)17-6-3/h7-9H,4-6,14H2,1-3H3. The topological polar surface area (TPSA) is 55.6 Å². The summed E-state index contributed by atoms with van der Waals surface area (Å²) in [5, 5.41) is 0. The fourth-order valence-corrected chi connectivity index (χ4v) is 1.67. The summed E-state index contributed by atoms with van der Waals surface area (Å²) in [6.07, 6.45) is 0. The van der Waals surface area contributed by atoms with Crippen molar-refractivity contribution in [2.24, 2.45) is 0 Å². The molecule has 0 saturated heterocycles. The molecule has 0 unspecified atom stereocenters. The Morgan fingerprint density at radius 2 is 1.94 bits per heavy atom. The largest absolute Gasteiger partial charge is 0.493 e. The minimum Gasteiger partial charge on any atom is -0.493 e. The van der Waals surface area contributed by atoms with Gasteiger partial charge < -0.3 is 15.4 Å². The molecular weight excluding hydrogens is 216 g/mol. The Kier molecular flexibility index (Phi) is 4.82. The van der Waals surface area contributed by atoms with Gasteiger partial charge in [-0.2, -0.15) is 0 Å². The predicted molar refractivity (Wildman–Crippen MR) is 69.3 cm³/mol. The third-order valence-electron chi connectivity index (χ3n) is 2.59. The number of hydrogen-bond donors (Lipinski definition) is 1. The number of benzene rings is 1. The van der Waals surface area contributed by atoms with Crippen LogP contribution in [0, 0.1) is 0 Å². The number of carbonyl (C=O) groups is 1. The zero-order chi connectivity index (χ0) is 12.8. The molecule has 0 radical (unpaired) electrons. The molecule has 1 amide bonds. The van der Waals surface area contributed by atoms with Gasteiger partial charge in [0.15, 0.2) is 0 Å². The Bertz CT molecular complexity index is 387. The van der Waals surface area contributed by atoms with Gasteiger partial charge in [-0.3, -0.25) is 4.79 Å². The minimum absolute atomic E-state index is 0.0153. The molecule has 4 nitrogen and oxygen atoms in total. The second kappa shape index (κ2) is 6.13. The normalized spacial score (nSPS) is 10.1. The van der Waals surface area contributed by atoms with Crippen molar-refractivity contribution in [2.45, 2.75) is 20.8 Å². The van der Waals surface area contributed by atoms with Crippen LogP contribution in [0.4, 0.5) is 5.69 Å². The lowest BCUT2D eigenvalue weighted by Crippen LogP contribution is -2.30. The molecule has 4 heteroatoms. The van der Waals surface area contributed by atoms with E-state index >= 15 is 0 Å². The molecule has 1 rings (SSSR count). The first-order valence-corrected chi connectivity index (χ1v) is 5.95. The number of nitrogen functional groups attached to an aromatic ring is 1. The maximum Gasteiger partial charge on any atom is 0.257 e. The molecule has 0 atom stereocenters. The summed E-state index contributed by atoms with van der Waals surface area (Å²) in [6, 6.07) is 5.14. The molecule has 0 aliphatic heterocycles. The van der Waals surface area contributed by atoms with E-state index in [4.69, 9.17) is 10.5 Å². The van der Waals surface area contributed by atoms with E-state index in [1.54, 1.807) is 23.1 Å². The van der Waals surface area contributed by atoms with Crippen molar-refractivity contribution in [3.63, 3.8) is 0 Å². The second-order valence-corrected chi connectivity index (χ2v) is 3.67. The molecule has 1 aromatic rings. The first kappa shape index (κ1) is 13.4.